The predicted octanol–water partition coefficient (Wildman–Crippen LogP) is 1.09. The molecule has 0 bridgehead atoms. The molecule has 0 aromatic heterocycles. The summed E-state index contributed by atoms with van der Waals surface area (Å²) in [4.78, 5) is 0. The van der Waals surface area contributed by atoms with Crippen molar-refractivity contribution in [2.45, 2.75) is 11.1 Å². The molecule has 0 aromatic rings. The number of rotatable bonds is 2. The SMILES string of the molecule is C[Se]CCS. The third kappa shape index (κ3) is 4.87. The number of thiol groups is 1. The molecule has 0 aliphatic rings. The summed E-state index contributed by atoms with van der Waals surface area (Å²) in [6, 6.07) is 0. The predicted molar refractivity (Wildman–Crippen MR) is 30.3 cm³/mol. The molecule has 5 heavy (non-hydrogen) atoms. The second-order valence-corrected chi connectivity index (χ2v) is 3.23. The van der Waals surface area contributed by atoms with Crippen molar-refractivity contribution < 1.29 is 0 Å². The van der Waals surface area contributed by atoms with Crippen LogP contribution < -0.4 is 0 Å². The molecule has 2 heteroatoms. The Labute approximate surface area is 44.9 Å². The Morgan fingerprint density at radius 2 is 2.40 bits per heavy atom. The van der Waals surface area contributed by atoms with Gasteiger partial charge in [0.15, 0.2) is 0 Å². The molecule has 0 N–H and O–H groups in total. The van der Waals surface area contributed by atoms with Crippen molar-refractivity contribution in [3.63, 3.8) is 0 Å². The quantitative estimate of drug-likeness (QED) is 0.448. The molecule has 0 aliphatic heterocycles. The Morgan fingerprint density at radius 1 is 1.80 bits per heavy atom. The van der Waals surface area contributed by atoms with Crippen molar-refractivity contribution in [1.82, 2.24) is 0 Å². The van der Waals surface area contributed by atoms with Crippen LogP contribution in [-0.4, -0.2) is 20.7 Å². The van der Waals surface area contributed by atoms with Crippen molar-refractivity contribution in [2.24, 2.45) is 0 Å². The van der Waals surface area contributed by atoms with Gasteiger partial charge < -0.3 is 0 Å². The van der Waals surface area contributed by atoms with Crippen molar-refractivity contribution in [1.29, 1.82) is 0 Å². The van der Waals surface area contributed by atoms with Gasteiger partial charge in [-0.1, -0.05) is 0 Å². The molecule has 0 saturated heterocycles. The Balaban J connectivity index is 2.19. The first-order valence-corrected chi connectivity index (χ1v) is 5.07. The summed E-state index contributed by atoms with van der Waals surface area (Å²) in [5.41, 5.74) is 0. The summed E-state index contributed by atoms with van der Waals surface area (Å²) in [6.45, 7) is 0. The van der Waals surface area contributed by atoms with Gasteiger partial charge in [-0.15, -0.1) is 0 Å². The summed E-state index contributed by atoms with van der Waals surface area (Å²) in [7, 11) is 0. The van der Waals surface area contributed by atoms with E-state index in [0.29, 0.717) is 0 Å². The van der Waals surface area contributed by atoms with Gasteiger partial charge in [0.25, 0.3) is 0 Å². The molecule has 0 unspecified atom stereocenters. The van der Waals surface area contributed by atoms with E-state index in [-0.39, 0.29) is 0 Å². The summed E-state index contributed by atoms with van der Waals surface area (Å²) in [5.74, 6) is 3.29. The minimum absolute atomic E-state index is 0.849. The fraction of sp³-hybridized carbons (Fsp3) is 1.00. The average molecular weight is 155 g/mol. The van der Waals surface area contributed by atoms with Crippen LogP contribution in [0.2, 0.25) is 11.1 Å². The normalized spacial score (nSPS) is 8.40. The van der Waals surface area contributed by atoms with Gasteiger partial charge in [0.05, 0.1) is 0 Å². The second-order valence-electron chi connectivity index (χ2n) is 0.716. The molecular formula is C3H8SSe. The summed E-state index contributed by atoms with van der Waals surface area (Å²) in [5, 5.41) is 1.32. The van der Waals surface area contributed by atoms with E-state index in [9.17, 15) is 0 Å². The molecule has 0 nitrogen and oxygen atoms in total. The van der Waals surface area contributed by atoms with Crippen molar-refractivity contribution in [2.75, 3.05) is 5.75 Å². The summed E-state index contributed by atoms with van der Waals surface area (Å²) in [6.07, 6.45) is 0. The standard InChI is InChI=1S/C3H8SSe/c1-5-3-2-4/h4H,2-3H2,1H3. The maximum atomic E-state index is 4.02. The third-order valence-electron chi connectivity index (χ3n) is 0.295. The molecule has 0 amide bonds. The van der Waals surface area contributed by atoms with Gasteiger partial charge in [-0.05, 0) is 0 Å². The third-order valence-corrected chi connectivity index (χ3v) is 2.48. The molecule has 0 rings (SSSR count). The molecule has 0 heterocycles. The van der Waals surface area contributed by atoms with E-state index >= 15 is 0 Å². The molecule has 0 aliphatic carbocycles. The zero-order valence-corrected chi connectivity index (χ0v) is 5.88. The molecular weight excluding hydrogens is 147 g/mol. The van der Waals surface area contributed by atoms with Crippen LogP contribution in [0.1, 0.15) is 0 Å². The van der Waals surface area contributed by atoms with Gasteiger partial charge in [0, 0.05) is 0 Å². The van der Waals surface area contributed by atoms with Gasteiger partial charge >= 0.3 is 44.5 Å². The van der Waals surface area contributed by atoms with Gasteiger partial charge in [-0.25, -0.2) is 0 Å². The van der Waals surface area contributed by atoms with Gasteiger partial charge in [-0.2, -0.15) is 0 Å². The summed E-state index contributed by atoms with van der Waals surface area (Å²) >= 11 is 4.87. The first-order chi connectivity index (χ1) is 2.41. The van der Waals surface area contributed by atoms with Crippen LogP contribution in [-0.2, 0) is 0 Å². The Kier molecular flexibility index (Phi) is 5.72. The maximum absolute atomic E-state index is 4.02. The molecule has 32 valence electrons. The monoisotopic (exact) mass is 156 g/mol. The number of hydrogen-bond donors (Lipinski definition) is 1. The topological polar surface area (TPSA) is 0 Å². The van der Waals surface area contributed by atoms with Crippen LogP contribution in [0.3, 0.4) is 0 Å². The van der Waals surface area contributed by atoms with E-state index in [1.807, 2.05) is 0 Å². The van der Waals surface area contributed by atoms with Crippen molar-refractivity contribution >= 4 is 27.6 Å². The minimum atomic E-state index is 0.849. The van der Waals surface area contributed by atoms with Gasteiger partial charge in [0.2, 0.25) is 0 Å². The first kappa shape index (κ1) is 5.87. The van der Waals surface area contributed by atoms with Crippen LogP contribution in [0, 0.1) is 0 Å². The zero-order valence-electron chi connectivity index (χ0n) is 3.27. The van der Waals surface area contributed by atoms with Crippen molar-refractivity contribution in [3.05, 3.63) is 0 Å². The van der Waals surface area contributed by atoms with Crippen LogP contribution in [0.25, 0.3) is 0 Å². The molecule has 0 aromatic carbocycles. The summed E-state index contributed by atoms with van der Waals surface area (Å²) < 4.78 is 0. The first-order valence-electron chi connectivity index (χ1n) is 1.51. The van der Waals surface area contributed by atoms with Crippen LogP contribution >= 0.6 is 12.6 Å². The van der Waals surface area contributed by atoms with Crippen LogP contribution in [0.5, 0.6) is 0 Å². The molecule has 0 spiro atoms. The molecule has 0 atom stereocenters. The Hall–Kier alpha value is 0.869. The Morgan fingerprint density at radius 3 is 2.40 bits per heavy atom. The fourth-order valence-electron chi connectivity index (χ4n) is 0.0913. The molecule has 0 saturated carbocycles. The Bertz CT molecular complexity index is 14.4. The van der Waals surface area contributed by atoms with Gasteiger partial charge in [-0.3, -0.25) is 0 Å². The number of hydrogen-bond acceptors (Lipinski definition) is 1. The fourth-order valence-corrected chi connectivity index (χ4v) is 1.42. The van der Waals surface area contributed by atoms with Gasteiger partial charge in [0.1, 0.15) is 0 Å². The van der Waals surface area contributed by atoms with E-state index in [1.165, 1.54) is 5.32 Å². The van der Waals surface area contributed by atoms with Crippen molar-refractivity contribution in [3.8, 4) is 0 Å². The van der Waals surface area contributed by atoms with Crippen LogP contribution in [0.4, 0.5) is 0 Å². The van der Waals surface area contributed by atoms with Crippen LogP contribution in [0.15, 0.2) is 0 Å². The van der Waals surface area contributed by atoms with E-state index < -0.39 is 0 Å². The van der Waals surface area contributed by atoms with E-state index in [2.05, 4.69) is 18.5 Å². The molecule has 0 fully saturated rings. The molecule has 0 radical (unpaired) electrons. The average Bonchev–Trinajstić information content (AvgIpc) is 1.41. The second kappa shape index (κ2) is 4.87. The van der Waals surface area contributed by atoms with E-state index in [4.69, 9.17) is 0 Å². The van der Waals surface area contributed by atoms with E-state index in [0.717, 1.165) is 20.7 Å². The zero-order chi connectivity index (χ0) is 4.12. The van der Waals surface area contributed by atoms with E-state index in [1.54, 1.807) is 0 Å².